The highest BCUT2D eigenvalue weighted by molar-refractivity contribution is 6.18. The Labute approximate surface area is 151 Å². The van der Waals surface area contributed by atoms with Crippen LogP contribution in [0, 0.1) is 0 Å². The Hall–Kier alpha value is -2.28. The minimum Gasteiger partial charge on any atom is -0.448 e. The van der Waals surface area contributed by atoms with Crippen molar-refractivity contribution < 1.29 is 23.9 Å². The summed E-state index contributed by atoms with van der Waals surface area (Å²) in [6, 6.07) is 6.51. The fourth-order valence-electron chi connectivity index (χ4n) is 2.61. The number of hydrogen-bond acceptors (Lipinski definition) is 5. The second kappa shape index (κ2) is 9.27. The van der Waals surface area contributed by atoms with E-state index in [-0.39, 0.29) is 24.4 Å². The quantitative estimate of drug-likeness (QED) is 0.489. The van der Waals surface area contributed by atoms with Crippen molar-refractivity contribution >= 4 is 29.6 Å². The molecule has 8 heteroatoms. The molecular formula is C17H21ClN2O5. The summed E-state index contributed by atoms with van der Waals surface area (Å²) < 4.78 is 9.88. The smallest absolute Gasteiger partial charge is 0.407 e. The molecule has 0 aromatic heterocycles. The van der Waals surface area contributed by atoms with E-state index in [9.17, 15) is 14.4 Å². The summed E-state index contributed by atoms with van der Waals surface area (Å²) >= 11 is 5.46. The predicted octanol–water partition coefficient (Wildman–Crippen LogP) is 2.18. The maximum atomic E-state index is 12.6. The van der Waals surface area contributed by atoms with E-state index >= 15 is 0 Å². The standard InChI is InChI=1S/C17H21ClN2O5/c1-12(21)25-15-4-2-3-13(11-15)16(22)20-8-5-14(6-9-20)19-17(23)24-10-7-18/h2-4,11,14H,5-10H2,1H3,(H,19,23). The van der Waals surface area contributed by atoms with E-state index in [0.29, 0.717) is 37.2 Å². The van der Waals surface area contributed by atoms with Gasteiger partial charge in [-0.3, -0.25) is 9.59 Å². The summed E-state index contributed by atoms with van der Waals surface area (Å²) in [6.07, 6.45) is 0.802. The topological polar surface area (TPSA) is 84.9 Å². The van der Waals surface area contributed by atoms with Crippen molar-refractivity contribution in [2.75, 3.05) is 25.6 Å². The molecule has 0 atom stereocenters. The van der Waals surface area contributed by atoms with Crippen LogP contribution in [-0.4, -0.2) is 54.5 Å². The van der Waals surface area contributed by atoms with Crippen molar-refractivity contribution in [3.05, 3.63) is 29.8 Å². The highest BCUT2D eigenvalue weighted by atomic mass is 35.5. The number of hydrogen-bond donors (Lipinski definition) is 1. The third-order valence-electron chi connectivity index (χ3n) is 3.76. The molecule has 1 aliphatic heterocycles. The van der Waals surface area contributed by atoms with Crippen molar-refractivity contribution in [3.63, 3.8) is 0 Å². The Morgan fingerprint density at radius 3 is 2.64 bits per heavy atom. The summed E-state index contributed by atoms with van der Waals surface area (Å²) in [5, 5.41) is 2.77. The zero-order chi connectivity index (χ0) is 18.2. The second-order valence-electron chi connectivity index (χ2n) is 5.66. The van der Waals surface area contributed by atoms with Gasteiger partial charge in [-0.2, -0.15) is 0 Å². The average molecular weight is 369 g/mol. The Morgan fingerprint density at radius 2 is 2.00 bits per heavy atom. The highest BCUT2D eigenvalue weighted by Gasteiger charge is 2.25. The number of halogens is 1. The Bertz CT molecular complexity index is 629. The van der Waals surface area contributed by atoms with E-state index in [1.54, 1.807) is 29.2 Å². The number of benzene rings is 1. The Kier molecular flexibility index (Phi) is 7.06. The van der Waals surface area contributed by atoms with Gasteiger partial charge in [0.15, 0.2) is 0 Å². The predicted molar refractivity (Wildman–Crippen MR) is 91.9 cm³/mol. The van der Waals surface area contributed by atoms with Crippen LogP contribution in [0.5, 0.6) is 5.75 Å². The summed E-state index contributed by atoms with van der Waals surface area (Å²) in [6.45, 7) is 2.53. The lowest BCUT2D eigenvalue weighted by atomic mass is 10.0. The fourth-order valence-corrected chi connectivity index (χ4v) is 2.68. The number of likely N-dealkylation sites (tertiary alicyclic amines) is 1. The van der Waals surface area contributed by atoms with E-state index in [1.165, 1.54) is 6.92 Å². The monoisotopic (exact) mass is 368 g/mol. The first-order valence-electron chi connectivity index (χ1n) is 8.06. The van der Waals surface area contributed by atoms with Crippen LogP contribution in [0.1, 0.15) is 30.1 Å². The fraction of sp³-hybridized carbons (Fsp3) is 0.471. The molecule has 0 saturated carbocycles. The van der Waals surface area contributed by atoms with E-state index in [0.717, 1.165) is 0 Å². The second-order valence-corrected chi connectivity index (χ2v) is 6.04. The third kappa shape index (κ3) is 5.94. The van der Waals surface area contributed by atoms with Gasteiger partial charge in [-0.1, -0.05) is 6.07 Å². The van der Waals surface area contributed by atoms with Crippen molar-refractivity contribution in [1.29, 1.82) is 0 Å². The molecule has 0 aliphatic carbocycles. The van der Waals surface area contributed by atoms with Crippen molar-refractivity contribution in [1.82, 2.24) is 10.2 Å². The van der Waals surface area contributed by atoms with Crippen molar-refractivity contribution in [3.8, 4) is 5.75 Å². The van der Waals surface area contributed by atoms with Gasteiger partial charge in [-0.15, -0.1) is 11.6 Å². The molecule has 25 heavy (non-hydrogen) atoms. The molecule has 1 saturated heterocycles. The molecule has 0 radical (unpaired) electrons. The van der Waals surface area contributed by atoms with Gasteiger partial charge in [0.1, 0.15) is 12.4 Å². The van der Waals surface area contributed by atoms with Gasteiger partial charge in [0.05, 0.1) is 5.88 Å². The summed E-state index contributed by atoms with van der Waals surface area (Å²) in [4.78, 5) is 36.8. The van der Waals surface area contributed by atoms with Crippen LogP contribution in [0.4, 0.5) is 4.79 Å². The van der Waals surface area contributed by atoms with Crippen LogP contribution in [-0.2, 0) is 9.53 Å². The number of amides is 2. The molecular weight excluding hydrogens is 348 g/mol. The number of rotatable bonds is 5. The number of carbonyl (C=O) groups excluding carboxylic acids is 3. The molecule has 1 fully saturated rings. The molecule has 0 spiro atoms. The van der Waals surface area contributed by atoms with Crippen LogP contribution in [0.15, 0.2) is 24.3 Å². The van der Waals surface area contributed by atoms with Crippen LogP contribution < -0.4 is 10.1 Å². The number of nitrogens with one attached hydrogen (secondary N) is 1. The first-order valence-corrected chi connectivity index (χ1v) is 8.60. The zero-order valence-corrected chi connectivity index (χ0v) is 14.8. The van der Waals surface area contributed by atoms with Gasteiger partial charge in [0, 0.05) is 31.6 Å². The molecule has 7 nitrogen and oxygen atoms in total. The third-order valence-corrected chi connectivity index (χ3v) is 3.91. The number of ether oxygens (including phenoxy) is 2. The van der Waals surface area contributed by atoms with E-state index in [2.05, 4.69) is 5.32 Å². The largest absolute Gasteiger partial charge is 0.448 e. The zero-order valence-electron chi connectivity index (χ0n) is 14.0. The summed E-state index contributed by atoms with van der Waals surface area (Å²) in [7, 11) is 0. The minimum absolute atomic E-state index is 0.0285. The van der Waals surface area contributed by atoms with Crippen molar-refractivity contribution in [2.45, 2.75) is 25.8 Å². The molecule has 1 aromatic rings. The molecule has 1 aliphatic rings. The molecule has 1 N–H and O–H groups in total. The maximum Gasteiger partial charge on any atom is 0.407 e. The molecule has 1 aromatic carbocycles. The van der Waals surface area contributed by atoms with Crippen LogP contribution >= 0.6 is 11.6 Å². The lowest BCUT2D eigenvalue weighted by Crippen LogP contribution is -2.46. The normalized spacial score (nSPS) is 14.7. The minimum atomic E-state index is -0.487. The molecule has 2 amide bonds. The van der Waals surface area contributed by atoms with E-state index < -0.39 is 12.1 Å². The lowest BCUT2D eigenvalue weighted by molar-refractivity contribution is -0.131. The maximum absolute atomic E-state index is 12.6. The van der Waals surface area contributed by atoms with Crippen molar-refractivity contribution in [2.24, 2.45) is 0 Å². The van der Waals surface area contributed by atoms with Crippen LogP contribution in [0.2, 0.25) is 0 Å². The first-order chi connectivity index (χ1) is 12.0. The number of alkyl halides is 1. The van der Waals surface area contributed by atoms with E-state index in [4.69, 9.17) is 21.1 Å². The number of carbonyl (C=O) groups is 3. The Balaban J connectivity index is 1.87. The Morgan fingerprint density at radius 1 is 1.28 bits per heavy atom. The molecule has 1 heterocycles. The highest BCUT2D eigenvalue weighted by Crippen LogP contribution is 2.18. The molecule has 136 valence electrons. The van der Waals surface area contributed by atoms with E-state index in [1.807, 2.05) is 0 Å². The van der Waals surface area contributed by atoms with Gasteiger partial charge in [0.25, 0.3) is 5.91 Å². The van der Waals surface area contributed by atoms with Crippen LogP contribution in [0.25, 0.3) is 0 Å². The van der Waals surface area contributed by atoms with Gasteiger partial charge < -0.3 is 19.7 Å². The van der Waals surface area contributed by atoms with Gasteiger partial charge >= 0.3 is 12.1 Å². The number of esters is 1. The number of piperidine rings is 1. The lowest BCUT2D eigenvalue weighted by Gasteiger charge is -2.32. The summed E-state index contributed by atoms with van der Waals surface area (Å²) in [5.74, 6) is 0.0407. The van der Waals surface area contributed by atoms with Crippen LogP contribution in [0.3, 0.4) is 0 Å². The van der Waals surface area contributed by atoms with Gasteiger partial charge in [-0.05, 0) is 31.0 Å². The summed E-state index contributed by atoms with van der Waals surface area (Å²) in [5.41, 5.74) is 0.465. The van der Waals surface area contributed by atoms with Gasteiger partial charge in [-0.25, -0.2) is 4.79 Å². The average Bonchev–Trinajstić information content (AvgIpc) is 2.59. The first kappa shape index (κ1) is 19.1. The number of nitrogens with zero attached hydrogens (tertiary/aromatic N) is 1. The molecule has 0 bridgehead atoms. The SMILES string of the molecule is CC(=O)Oc1cccc(C(=O)N2CCC(NC(=O)OCCCl)CC2)c1. The van der Waals surface area contributed by atoms with Gasteiger partial charge in [0.2, 0.25) is 0 Å². The molecule has 2 rings (SSSR count). The number of alkyl carbamates (subject to hydrolysis) is 1. The molecule has 0 unspecified atom stereocenters.